The summed E-state index contributed by atoms with van der Waals surface area (Å²) in [5.74, 6) is 1.80. The number of benzene rings is 2. The highest BCUT2D eigenvalue weighted by molar-refractivity contribution is 9.10. The monoisotopic (exact) mass is 438 g/mol. The Morgan fingerprint density at radius 2 is 1.50 bits per heavy atom. The Morgan fingerprint density at radius 1 is 0.893 bits per heavy atom. The molecule has 4 bridgehead atoms. The highest BCUT2D eigenvalue weighted by Gasteiger charge is 2.57. The van der Waals surface area contributed by atoms with Gasteiger partial charge in [-0.25, -0.2) is 0 Å². The molecule has 0 spiro atoms. The van der Waals surface area contributed by atoms with Crippen LogP contribution in [0.3, 0.4) is 0 Å². The van der Waals surface area contributed by atoms with Gasteiger partial charge in [0.05, 0.1) is 0 Å². The van der Waals surface area contributed by atoms with Crippen LogP contribution < -0.4 is 10.6 Å². The van der Waals surface area contributed by atoms with E-state index in [-0.39, 0.29) is 11.3 Å². The van der Waals surface area contributed by atoms with Gasteiger partial charge in [-0.1, -0.05) is 34.1 Å². The third kappa shape index (κ3) is 3.71. The number of nitrogens with one attached hydrogen (secondary N) is 2. The van der Waals surface area contributed by atoms with Crippen LogP contribution in [0, 0.1) is 17.3 Å². The molecule has 0 aliphatic heterocycles. The smallest absolute Gasteiger partial charge is 0.224 e. The highest BCUT2D eigenvalue weighted by Crippen LogP contribution is 2.65. The number of anilines is 3. The van der Waals surface area contributed by atoms with E-state index in [1.165, 1.54) is 38.5 Å². The Kier molecular flexibility index (Phi) is 4.50. The minimum atomic E-state index is 0.168. The molecular formula is C24H27BrN2O. The lowest BCUT2D eigenvalue weighted by atomic mass is 9.48. The molecule has 0 saturated heterocycles. The fraction of sp³-hybridized carbons (Fsp3) is 0.458. The summed E-state index contributed by atoms with van der Waals surface area (Å²) in [5.41, 5.74) is 3.17. The van der Waals surface area contributed by atoms with Crippen molar-refractivity contribution in [1.29, 1.82) is 0 Å². The molecule has 146 valence electrons. The number of halogens is 1. The summed E-state index contributed by atoms with van der Waals surface area (Å²) in [6, 6.07) is 18.1. The van der Waals surface area contributed by atoms with Gasteiger partial charge in [0.2, 0.25) is 5.91 Å². The minimum absolute atomic E-state index is 0.168. The number of carbonyl (C=O) groups excluding carboxylic acids is 1. The number of hydrogen-bond donors (Lipinski definition) is 2. The average molecular weight is 439 g/mol. The second kappa shape index (κ2) is 6.91. The zero-order valence-corrected chi connectivity index (χ0v) is 17.7. The van der Waals surface area contributed by atoms with Crippen molar-refractivity contribution in [3.8, 4) is 0 Å². The quantitative estimate of drug-likeness (QED) is 0.523. The van der Waals surface area contributed by atoms with E-state index in [0.717, 1.165) is 28.9 Å². The van der Waals surface area contributed by atoms with Gasteiger partial charge < -0.3 is 10.6 Å². The van der Waals surface area contributed by atoms with Crippen molar-refractivity contribution in [2.45, 2.75) is 49.3 Å². The van der Waals surface area contributed by atoms with Crippen LogP contribution in [0.1, 0.15) is 44.9 Å². The molecule has 2 unspecified atom stereocenters. The summed E-state index contributed by atoms with van der Waals surface area (Å²) in [6.45, 7) is 0. The van der Waals surface area contributed by atoms with Crippen LogP contribution in [0.25, 0.3) is 0 Å². The van der Waals surface area contributed by atoms with Crippen LogP contribution in [0.4, 0.5) is 17.1 Å². The van der Waals surface area contributed by atoms with E-state index in [9.17, 15) is 4.79 Å². The first-order chi connectivity index (χ1) is 13.5. The predicted molar refractivity (Wildman–Crippen MR) is 118 cm³/mol. The van der Waals surface area contributed by atoms with Crippen molar-refractivity contribution < 1.29 is 4.79 Å². The summed E-state index contributed by atoms with van der Waals surface area (Å²) < 4.78 is 0.308. The van der Waals surface area contributed by atoms with Gasteiger partial charge in [-0.05, 0) is 92.2 Å². The lowest BCUT2D eigenvalue weighted by molar-refractivity contribution is -0.123. The first kappa shape index (κ1) is 18.2. The van der Waals surface area contributed by atoms with Crippen molar-refractivity contribution >= 4 is 38.9 Å². The van der Waals surface area contributed by atoms with E-state index in [2.05, 4.69) is 26.6 Å². The molecule has 2 N–H and O–H groups in total. The third-order valence-electron chi connectivity index (χ3n) is 6.88. The van der Waals surface area contributed by atoms with E-state index in [1.807, 2.05) is 54.6 Å². The van der Waals surface area contributed by atoms with Gasteiger partial charge in [0, 0.05) is 27.8 Å². The molecule has 2 aromatic carbocycles. The van der Waals surface area contributed by atoms with Gasteiger partial charge in [-0.3, -0.25) is 4.79 Å². The molecular weight excluding hydrogens is 412 g/mol. The van der Waals surface area contributed by atoms with Gasteiger partial charge in [0.15, 0.2) is 0 Å². The van der Waals surface area contributed by atoms with E-state index in [4.69, 9.17) is 0 Å². The van der Waals surface area contributed by atoms with Gasteiger partial charge in [-0.2, -0.15) is 0 Å². The molecule has 2 atom stereocenters. The maximum absolute atomic E-state index is 12.8. The van der Waals surface area contributed by atoms with Crippen molar-refractivity contribution in [3.63, 3.8) is 0 Å². The van der Waals surface area contributed by atoms with Crippen LogP contribution in [0.2, 0.25) is 0 Å². The Labute approximate surface area is 175 Å². The van der Waals surface area contributed by atoms with Crippen LogP contribution in [-0.2, 0) is 4.79 Å². The molecule has 2 aromatic rings. The lowest BCUT2D eigenvalue weighted by Gasteiger charge is -2.60. The van der Waals surface area contributed by atoms with Gasteiger partial charge in [0.25, 0.3) is 0 Å². The van der Waals surface area contributed by atoms with Gasteiger partial charge >= 0.3 is 0 Å². The minimum Gasteiger partial charge on any atom is -0.356 e. The summed E-state index contributed by atoms with van der Waals surface area (Å²) in [7, 11) is 0. The number of alkyl halides is 1. The molecule has 0 radical (unpaired) electrons. The number of hydrogen-bond acceptors (Lipinski definition) is 2. The standard InChI is InChI=1S/C24H27BrN2O/c25-24-13-17-10-18(14-24)12-23(11-17,16-24)15-22(28)27-21-8-6-20(7-9-21)26-19-4-2-1-3-5-19/h1-9,17-18,26H,10-16H2,(H,27,28). The first-order valence-electron chi connectivity index (χ1n) is 10.4. The zero-order chi connectivity index (χ0) is 19.2. The molecule has 4 aliphatic carbocycles. The molecule has 0 heterocycles. The molecule has 0 aromatic heterocycles. The second-order valence-electron chi connectivity index (χ2n) is 9.41. The van der Waals surface area contributed by atoms with Crippen molar-refractivity contribution in [2.24, 2.45) is 17.3 Å². The Hall–Kier alpha value is -1.81. The molecule has 4 saturated carbocycles. The fourth-order valence-corrected chi connectivity index (χ4v) is 7.92. The largest absolute Gasteiger partial charge is 0.356 e. The molecule has 4 heteroatoms. The molecule has 28 heavy (non-hydrogen) atoms. The average Bonchev–Trinajstić information content (AvgIpc) is 2.61. The van der Waals surface area contributed by atoms with Crippen LogP contribution in [-0.4, -0.2) is 10.2 Å². The number of rotatable bonds is 5. The first-order valence-corrected chi connectivity index (χ1v) is 11.2. The SMILES string of the molecule is O=C(CC12CC3CC(CC(Br)(C3)C1)C2)Nc1ccc(Nc2ccccc2)cc1. The number of para-hydroxylation sites is 1. The topological polar surface area (TPSA) is 41.1 Å². The van der Waals surface area contributed by atoms with Crippen molar-refractivity contribution in [1.82, 2.24) is 0 Å². The molecule has 3 nitrogen and oxygen atoms in total. The van der Waals surface area contributed by atoms with Crippen LogP contribution in [0.15, 0.2) is 54.6 Å². The predicted octanol–water partition coefficient (Wildman–Crippen LogP) is 6.49. The Morgan fingerprint density at radius 3 is 2.14 bits per heavy atom. The maximum Gasteiger partial charge on any atom is 0.224 e. The van der Waals surface area contributed by atoms with E-state index in [0.29, 0.717) is 10.7 Å². The summed E-state index contributed by atoms with van der Waals surface area (Å²) in [6.07, 6.45) is 8.31. The van der Waals surface area contributed by atoms with Crippen molar-refractivity contribution in [2.75, 3.05) is 10.6 Å². The third-order valence-corrected chi connectivity index (χ3v) is 7.81. The Balaban J connectivity index is 1.21. The Bertz CT molecular complexity index is 850. The number of carbonyl (C=O) groups is 1. The van der Waals surface area contributed by atoms with Gasteiger partial charge in [0.1, 0.15) is 0 Å². The second-order valence-corrected chi connectivity index (χ2v) is 11.1. The van der Waals surface area contributed by atoms with Crippen LogP contribution >= 0.6 is 15.9 Å². The van der Waals surface area contributed by atoms with E-state index in [1.54, 1.807) is 0 Å². The van der Waals surface area contributed by atoms with Crippen molar-refractivity contribution in [3.05, 3.63) is 54.6 Å². The van der Waals surface area contributed by atoms with E-state index >= 15 is 0 Å². The number of amides is 1. The zero-order valence-electron chi connectivity index (χ0n) is 16.1. The molecule has 4 fully saturated rings. The summed E-state index contributed by atoms with van der Waals surface area (Å²) in [4.78, 5) is 12.8. The van der Waals surface area contributed by atoms with Crippen LogP contribution in [0.5, 0.6) is 0 Å². The molecule has 4 aliphatic rings. The summed E-state index contributed by atoms with van der Waals surface area (Å²) >= 11 is 4.05. The van der Waals surface area contributed by atoms with E-state index < -0.39 is 0 Å². The summed E-state index contributed by atoms with van der Waals surface area (Å²) in [5, 5.41) is 6.51. The normalized spacial score (nSPS) is 32.9. The fourth-order valence-electron chi connectivity index (χ4n) is 6.41. The van der Waals surface area contributed by atoms with Gasteiger partial charge in [-0.15, -0.1) is 0 Å². The highest BCUT2D eigenvalue weighted by atomic mass is 79.9. The maximum atomic E-state index is 12.8. The molecule has 6 rings (SSSR count). The molecule has 1 amide bonds. The lowest BCUT2D eigenvalue weighted by Crippen LogP contribution is -2.53.